The van der Waals surface area contributed by atoms with Crippen LogP contribution < -0.4 is 5.32 Å². The highest BCUT2D eigenvalue weighted by molar-refractivity contribution is 5.68. The van der Waals surface area contributed by atoms with Crippen LogP contribution >= 0.6 is 0 Å². The van der Waals surface area contributed by atoms with E-state index in [4.69, 9.17) is 4.74 Å². The predicted molar refractivity (Wildman–Crippen MR) is 87.7 cm³/mol. The van der Waals surface area contributed by atoms with E-state index in [9.17, 15) is 4.79 Å². The van der Waals surface area contributed by atoms with E-state index in [1.807, 2.05) is 27.7 Å². The zero-order valence-electron chi connectivity index (χ0n) is 14.4. The summed E-state index contributed by atoms with van der Waals surface area (Å²) in [6.45, 7) is 14.2. The molecule has 0 fully saturated rings. The Morgan fingerprint density at radius 3 is 2.05 bits per heavy atom. The fraction of sp³-hybridized carbons (Fsp3) is 0.611. The lowest BCUT2D eigenvalue weighted by Gasteiger charge is -2.22. The van der Waals surface area contributed by atoms with Crippen LogP contribution in [0.15, 0.2) is 24.3 Å². The van der Waals surface area contributed by atoms with E-state index < -0.39 is 5.60 Å². The SMILES string of the molecule is CC(Cc1ccc(C(C)(C)C)cc1)NC(=O)OC(C)(C)C. The number of carbonyl (C=O) groups excluding carboxylic acids is 1. The Morgan fingerprint density at radius 1 is 1.10 bits per heavy atom. The molecule has 0 aliphatic rings. The molecule has 3 nitrogen and oxygen atoms in total. The zero-order chi connectivity index (χ0) is 16.3. The van der Waals surface area contributed by atoms with Gasteiger partial charge in [-0.15, -0.1) is 0 Å². The lowest BCUT2D eigenvalue weighted by Crippen LogP contribution is -2.38. The minimum Gasteiger partial charge on any atom is -0.444 e. The smallest absolute Gasteiger partial charge is 0.407 e. The summed E-state index contributed by atoms with van der Waals surface area (Å²) in [5, 5.41) is 2.87. The van der Waals surface area contributed by atoms with Crippen molar-refractivity contribution in [1.82, 2.24) is 5.32 Å². The van der Waals surface area contributed by atoms with E-state index in [2.05, 4.69) is 50.4 Å². The molecule has 0 aromatic heterocycles. The molecule has 3 heteroatoms. The number of benzene rings is 1. The molecule has 1 aromatic rings. The maximum Gasteiger partial charge on any atom is 0.407 e. The molecule has 1 aromatic carbocycles. The molecule has 0 radical (unpaired) electrons. The van der Waals surface area contributed by atoms with Crippen LogP contribution in [0.25, 0.3) is 0 Å². The van der Waals surface area contributed by atoms with Crippen molar-refractivity contribution in [2.24, 2.45) is 0 Å². The lowest BCUT2D eigenvalue weighted by atomic mass is 9.86. The van der Waals surface area contributed by atoms with Crippen molar-refractivity contribution in [1.29, 1.82) is 0 Å². The molecule has 1 rings (SSSR count). The predicted octanol–water partition coefficient (Wildman–Crippen LogP) is 4.44. The number of ether oxygens (including phenoxy) is 1. The number of alkyl carbamates (subject to hydrolysis) is 1. The molecule has 1 unspecified atom stereocenters. The summed E-state index contributed by atoms with van der Waals surface area (Å²) in [6.07, 6.45) is 0.435. The average molecular weight is 291 g/mol. The fourth-order valence-electron chi connectivity index (χ4n) is 2.05. The molecular formula is C18H29NO2. The Bertz CT molecular complexity index is 463. The van der Waals surface area contributed by atoms with Crippen LogP contribution in [0.4, 0.5) is 4.79 Å². The normalized spacial score (nSPS) is 13.7. The first kappa shape index (κ1) is 17.5. The molecule has 21 heavy (non-hydrogen) atoms. The molecule has 1 N–H and O–H groups in total. The first-order valence-corrected chi connectivity index (χ1v) is 7.56. The van der Waals surface area contributed by atoms with E-state index in [0.717, 1.165) is 6.42 Å². The molecule has 1 atom stereocenters. The van der Waals surface area contributed by atoms with E-state index in [1.165, 1.54) is 11.1 Å². The first-order valence-electron chi connectivity index (χ1n) is 7.56. The second kappa shape index (κ2) is 6.50. The Balaban J connectivity index is 2.55. The first-order chi connectivity index (χ1) is 9.47. The van der Waals surface area contributed by atoms with Crippen molar-refractivity contribution in [3.63, 3.8) is 0 Å². The van der Waals surface area contributed by atoms with Gasteiger partial charge in [0.2, 0.25) is 0 Å². The lowest BCUT2D eigenvalue weighted by molar-refractivity contribution is 0.0508. The number of amides is 1. The van der Waals surface area contributed by atoms with Gasteiger partial charge in [-0.3, -0.25) is 0 Å². The minimum atomic E-state index is -0.460. The van der Waals surface area contributed by atoms with Gasteiger partial charge < -0.3 is 10.1 Å². The van der Waals surface area contributed by atoms with E-state index in [0.29, 0.717) is 0 Å². The quantitative estimate of drug-likeness (QED) is 0.894. The Morgan fingerprint density at radius 2 is 1.62 bits per heavy atom. The average Bonchev–Trinajstić information content (AvgIpc) is 2.25. The molecule has 0 saturated heterocycles. The Kier molecular flexibility index (Phi) is 5.43. The van der Waals surface area contributed by atoms with Gasteiger partial charge in [0, 0.05) is 6.04 Å². The summed E-state index contributed by atoms with van der Waals surface area (Å²) in [7, 11) is 0. The van der Waals surface area contributed by atoms with Gasteiger partial charge in [-0.1, -0.05) is 45.0 Å². The van der Waals surface area contributed by atoms with Crippen molar-refractivity contribution in [3.8, 4) is 0 Å². The van der Waals surface area contributed by atoms with Crippen LogP contribution in [0.1, 0.15) is 59.6 Å². The van der Waals surface area contributed by atoms with Gasteiger partial charge in [0.1, 0.15) is 5.60 Å². The highest BCUT2D eigenvalue weighted by atomic mass is 16.6. The van der Waals surface area contributed by atoms with Crippen LogP contribution in [-0.4, -0.2) is 17.7 Å². The van der Waals surface area contributed by atoms with Crippen molar-refractivity contribution in [3.05, 3.63) is 35.4 Å². The van der Waals surface area contributed by atoms with Gasteiger partial charge in [-0.05, 0) is 50.7 Å². The number of hydrogen-bond acceptors (Lipinski definition) is 2. The molecule has 0 heterocycles. The minimum absolute atomic E-state index is 0.0420. The van der Waals surface area contributed by atoms with Gasteiger partial charge in [0.15, 0.2) is 0 Å². The summed E-state index contributed by atoms with van der Waals surface area (Å²) < 4.78 is 5.26. The Labute approximate surface area is 129 Å². The summed E-state index contributed by atoms with van der Waals surface area (Å²) in [6, 6.07) is 8.63. The van der Waals surface area contributed by atoms with Gasteiger partial charge in [0.25, 0.3) is 0 Å². The molecular weight excluding hydrogens is 262 g/mol. The second-order valence-electron chi connectivity index (χ2n) is 7.70. The van der Waals surface area contributed by atoms with E-state index in [1.54, 1.807) is 0 Å². The van der Waals surface area contributed by atoms with E-state index in [-0.39, 0.29) is 17.6 Å². The topological polar surface area (TPSA) is 38.3 Å². The second-order valence-corrected chi connectivity index (χ2v) is 7.70. The molecule has 1 amide bonds. The van der Waals surface area contributed by atoms with Crippen LogP contribution in [0.5, 0.6) is 0 Å². The van der Waals surface area contributed by atoms with Gasteiger partial charge in [-0.25, -0.2) is 4.79 Å². The van der Waals surface area contributed by atoms with Gasteiger partial charge >= 0.3 is 6.09 Å². The zero-order valence-corrected chi connectivity index (χ0v) is 14.4. The molecule has 0 aliphatic heterocycles. The van der Waals surface area contributed by atoms with Crippen LogP contribution in [0, 0.1) is 0 Å². The third-order valence-electron chi connectivity index (χ3n) is 3.12. The number of hydrogen-bond donors (Lipinski definition) is 1. The van der Waals surface area contributed by atoms with Crippen molar-refractivity contribution >= 4 is 6.09 Å². The summed E-state index contributed by atoms with van der Waals surface area (Å²) in [4.78, 5) is 11.7. The number of carbonyl (C=O) groups is 1. The molecule has 0 bridgehead atoms. The van der Waals surface area contributed by atoms with Crippen molar-refractivity contribution in [2.75, 3.05) is 0 Å². The Hall–Kier alpha value is -1.51. The molecule has 118 valence electrons. The van der Waals surface area contributed by atoms with Crippen molar-refractivity contribution in [2.45, 2.75) is 71.9 Å². The summed E-state index contributed by atoms with van der Waals surface area (Å²) in [5.41, 5.74) is 2.24. The van der Waals surface area contributed by atoms with E-state index >= 15 is 0 Å². The van der Waals surface area contributed by atoms with Gasteiger partial charge in [0.05, 0.1) is 0 Å². The molecule has 0 aliphatic carbocycles. The van der Waals surface area contributed by atoms with Gasteiger partial charge in [-0.2, -0.15) is 0 Å². The third kappa shape index (κ3) is 6.65. The summed E-state index contributed by atoms with van der Waals surface area (Å²) in [5.74, 6) is 0. The van der Waals surface area contributed by atoms with Crippen LogP contribution in [-0.2, 0) is 16.6 Å². The number of nitrogens with one attached hydrogen (secondary N) is 1. The largest absolute Gasteiger partial charge is 0.444 e. The highest BCUT2D eigenvalue weighted by Gasteiger charge is 2.18. The maximum atomic E-state index is 11.7. The summed E-state index contributed by atoms with van der Waals surface area (Å²) >= 11 is 0. The molecule has 0 spiro atoms. The standard InChI is InChI=1S/C18H29NO2/c1-13(19-16(20)21-18(5,6)7)12-14-8-10-15(11-9-14)17(2,3)4/h8-11,13H,12H2,1-7H3,(H,19,20). The van der Waals surface area contributed by atoms with Crippen LogP contribution in [0.3, 0.4) is 0 Å². The van der Waals surface area contributed by atoms with Crippen molar-refractivity contribution < 1.29 is 9.53 Å². The number of rotatable bonds is 3. The monoisotopic (exact) mass is 291 g/mol. The third-order valence-corrected chi connectivity index (χ3v) is 3.12. The maximum absolute atomic E-state index is 11.7. The highest BCUT2D eigenvalue weighted by Crippen LogP contribution is 2.22. The fourth-order valence-corrected chi connectivity index (χ4v) is 2.05. The molecule has 0 saturated carbocycles. The van der Waals surface area contributed by atoms with Crippen LogP contribution in [0.2, 0.25) is 0 Å².